The molecule has 0 saturated carbocycles. The van der Waals surface area contributed by atoms with Crippen LogP contribution in [0.25, 0.3) is 22.3 Å². The Labute approximate surface area is 226 Å². The van der Waals surface area contributed by atoms with E-state index >= 15 is 0 Å². The molecule has 3 aromatic carbocycles. The molecule has 1 heterocycles. The molecule has 4 rings (SSSR count). The van der Waals surface area contributed by atoms with E-state index in [9.17, 15) is 9.59 Å². The minimum absolute atomic E-state index is 0.0495. The van der Waals surface area contributed by atoms with E-state index in [4.69, 9.17) is 25.9 Å². The zero-order chi connectivity index (χ0) is 27.3. The molecule has 0 aliphatic carbocycles. The first-order valence-electron chi connectivity index (χ1n) is 12.4. The van der Waals surface area contributed by atoms with Gasteiger partial charge in [-0.3, -0.25) is 9.59 Å². The van der Waals surface area contributed by atoms with Crippen molar-refractivity contribution in [1.29, 1.82) is 0 Å². The second-order valence-electron chi connectivity index (χ2n) is 10.1. The van der Waals surface area contributed by atoms with Crippen molar-refractivity contribution in [3.05, 3.63) is 83.4 Å². The molecule has 0 aliphatic heterocycles. The van der Waals surface area contributed by atoms with Crippen molar-refractivity contribution in [2.75, 3.05) is 18.5 Å². The summed E-state index contributed by atoms with van der Waals surface area (Å²) in [7, 11) is 0. The molecule has 0 unspecified atom stereocenters. The van der Waals surface area contributed by atoms with Crippen molar-refractivity contribution in [2.24, 2.45) is 5.41 Å². The second-order valence-corrected chi connectivity index (χ2v) is 10.5. The van der Waals surface area contributed by atoms with Gasteiger partial charge in [-0.05, 0) is 60.0 Å². The van der Waals surface area contributed by atoms with Crippen molar-refractivity contribution in [2.45, 2.75) is 33.2 Å². The molecule has 0 radical (unpaired) electrons. The molecule has 0 spiro atoms. The molecule has 3 N–H and O–H groups in total. The van der Waals surface area contributed by atoms with E-state index in [1.807, 2.05) is 54.6 Å². The van der Waals surface area contributed by atoms with Gasteiger partial charge in [0.05, 0.1) is 17.5 Å². The van der Waals surface area contributed by atoms with Crippen molar-refractivity contribution < 1.29 is 23.8 Å². The molecular formula is C30H31ClN2O5. The van der Waals surface area contributed by atoms with Gasteiger partial charge in [-0.1, -0.05) is 50.6 Å². The summed E-state index contributed by atoms with van der Waals surface area (Å²) in [5.41, 5.74) is 2.78. The number of anilines is 1. The molecule has 1 amide bonds. The number of halogens is 1. The van der Waals surface area contributed by atoms with Crippen LogP contribution < -0.4 is 15.4 Å². The van der Waals surface area contributed by atoms with Gasteiger partial charge in [0.2, 0.25) is 0 Å². The Bertz CT molecular complexity index is 1390. The van der Waals surface area contributed by atoms with Gasteiger partial charge in [-0.15, -0.1) is 0 Å². The molecule has 7 nitrogen and oxygen atoms in total. The predicted molar refractivity (Wildman–Crippen MR) is 150 cm³/mol. The third-order valence-corrected chi connectivity index (χ3v) is 6.52. The maximum Gasteiger partial charge on any atom is 0.305 e. The van der Waals surface area contributed by atoms with Gasteiger partial charge in [0.1, 0.15) is 23.7 Å². The van der Waals surface area contributed by atoms with E-state index in [0.29, 0.717) is 28.7 Å². The number of aliphatic carboxylic acids is 1. The summed E-state index contributed by atoms with van der Waals surface area (Å²) >= 11 is 6.60. The smallest absolute Gasteiger partial charge is 0.305 e. The minimum atomic E-state index is -0.954. The molecule has 0 aliphatic rings. The molecule has 1 atom stereocenters. The Kier molecular flexibility index (Phi) is 8.27. The highest BCUT2D eigenvalue weighted by molar-refractivity contribution is 6.33. The number of para-hydroxylation sites is 1. The third kappa shape index (κ3) is 6.86. The van der Waals surface area contributed by atoms with Crippen LogP contribution in [-0.4, -0.2) is 36.2 Å². The number of carboxylic acid groups (broad SMARTS) is 1. The Morgan fingerprint density at radius 2 is 1.76 bits per heavy atom. The van der Waals surface area contributed by atoms with Crippen molar-refractivity contribution >= 4 is 40.1 Å². The zero-order valence-electron chi connectivity index (χ0n) is 21.6. The molecule has 38 heavy (non-hydrogen) atoms. The molecule has 0 bridgehead atoms. The van der Waals surface area contributed by atoms with Crippen LogP contribution in [-0.2, 0) is 4.79 Å². The number of benzene rings is 3. The quantitative estimate of drug-likeness (QED) is 0.205. The number of carboxylic acids is 1. The highest BCUT2D eigenvalue weighted by atomic mass is 35.5. The molecule has 0 saturated heterocycles. The number of rotatable bonds is 10. The first kappa shape index (κ1) is 27.1. The Morgan fingerprint density at radius 3 is 2.42 bits per heavy atom. The van der Waals surface area contributed by atoms with E-state index in [-0.39, 0.29) is 30.3 Å². The highest BCUT2D eigenvalue weighted by Crippen LogP contribution is 2.35. The fraction of sp³-hybridized carbons (Fsp3) is 0.267. The molecule has 8 heteroatoms. The van der Waals surface area contributed by atoms with Gasteiger partial charge in [-0.25, -0.2) is 0 Å². The minimum Gasteiger partial charge on any atom is -0.491 e. The SMILES string of the molecule is CC(C)(C)[C@@H](COc1ccc(-c2cc3ccccc3o2)c(Cl)c1)Nc1ccc(C(=O)NCCC(=O)O)cc1. The maximum atomic E-state index is 12.2. The van der Waals surface area contributed by atoms with Crippen LogP contribution in [0.1, 0.15) is 37.6 Å². The lowest BCUT2D eigenvalue weighted by atomic mass is 9.87. The van der Waals surface area contributed by atoms with E-state index in [1.54, 1.807) is 18.2 Å². The van der Waals surface area contributed by atoms with Crippen molar-refractivity contribution in [3.8, 4) is 17.1 Å². The van der Waals surface area contributed by atoms with Gasteiger partial charge in [0, 0.05) is 28.7 Å². The van der Waals surface area contributed by atoms with Crippen molar-refractivity contribution in [1.82, 2.24) is 5.32 Å². The molecule has 198 valence electrons. The average Bonchev–Trinajstić information content (AvgIpc) is 3.30. The normalized spacial score (nSPS) is 12.2. The first-order chi connectivity index (χ1) is 18.1. The van der Waals surface area contributed by atoms with Crippen LogP contribution in [0.5, 0.6) is 5.75 Å². The van der Waals surface area contributed by atoms with Crippen LogP contribution in [0.15, 0.2) is 77.2 Å². The lowest BCUT2D eigenvalue weighted by Gasteiger charge is -2.32. The lowest BCUT2D eigenvalue weighted by Crippen LogP contribution is -2.39. The van der Waals surface area contributed by atoms with E-state index in [1.165, 1.54) is 0 Å². The second kappa shape index (κ2) is 11.6. The van der Waals surface area contributed by atoms with Crippen LogP contribution in [0.2, 0.25) is 5.02 Å². The number of carbonyl (C=O) groups is 2. The summed E-state index contributed by atoms with van der Waals surface area (Å²) in [5.74, 6) is 0.0940. The van der Waals surface area contributed by atoms with Crippen LogP contribution in [0.3, 0.4) is 0 Å². The number of ether oxygens (including phenoxy) is 1. The average molecular weight is 535 g/mol. The summed E-state index contributed by atoms with van der Waals surface area (Å²) < 4.78 is 12.1. The summed E-state index contributed by atoms with van der Waals surface area (Å²) in [4.78, 5) is 22.8. The first-order valence-corrected chi connectivity index (χ1v) is 12.8. The highest BCUT2D eigenvalue weighted by Gasteiger charge is 2.25. The van der Waals surface area contributed by atoms with Gasteiger partial charge >= 0.3 is 5.97 Å². The molecule has 0 fully saturated rings. The number of hydrogen-bond donors (Lipinski definition) is 3. The topological polar surface area (TPSA) is 101 Å². The third-order valence-electron chi connectivity index (χ3n) is 6.21. The van der Waals surface area contributed by atoms with Crippen LogP contribution >= 0.6 is 11.6 Å². The van der Waals surface area contributed by atoms with Gasteiger partial charge < -0.3 is 24.9 Å². The van der Waals surface area contributed by atoms with E-state index in [2.05, 4.69) is 31.4 Å². The van der Waals surface area contributed by atoms with Gasteiger partial charge in [-0.2, -0.15) is 0 Å². The number of carbonyl (C=O) groups excluding carboxylic acids is 1. The summed E-state index contributed by atoms with van der Waals surface area (Å²) in [5, 5.41) is 16.4. The van der Waals surface area contributed by atoms with Crippen LogP contribution in [0, 0.1) is 5.41 Å². The molecule has 1 aromatic heterocycles. The van der Waals surface area contributed by atoms with E-state index in [0.717, 1.165) is 22.2 Å². The van der Waals surface area contributed by atoms with Crippen molar-refractivity contribution in [3.63, 3.8) is 0 Å². The van der Waals surface area contributed by atoms with Crippen LogP contribution in [0.4, 0.5) is 5.69 Å². The monoisotopic (exact) mass is 534 g/mol. The molecular weight excluding hydrogens is 504 g/mol. The molecule has 4 aromatic rings. The fourth-order valence-corrected chi connectivity index (χ4v) is 4.16. The number of hydrogen-bond acceptors (Lipinski definition) is 5. The standard InChI is InChI=1S/C30H31ClN2O5/c1-30(2,3)27(33-21-10-8-19(9-11-21)29(36)32-15-14-28(34)35)18-37-22-12-13-23(24(31)17-22)26-16-20-6-4-5-7-25(20)38-26/h4-13,16-17,27,33H,14-15,18H2,1-3H3,(H,32,36)(H,34,35)/t27-/m1/s1. The van der Waals surface area contributed by atoms with Gasteiger partial charge in [0.25, 0.3) is 5.91 Å². The Morgan fingerprint density at radius 1 is 1.03 bits per heavy atom. The fourth-order valence-electron chi connectivity index (χ4n) is 3.89. The number of furan rings is 1. The maximum absolute atomic E-state index is 12.2. The summed E-state index contributed by atoms with van der Waals surface area (Å²) in [6, 6.07) is 22.4. The number of amides is 1. The summed E-state index contributed by atoms with van der Waals surface area (Å²) in [6.45, 7) is 6.84. The number of fused-ring (bicyclic) bond motifs is 1. The lowest BCUT2D eigenvalue weighted by molar-refractivity contribution is -0.136. The zero-order valence-corrected chi connectivity index (χ0v) is 22.3. The van der Waals surface area contributed by atoms with Gasteiger partial charge in [0.15, 0.2) is 0 Å². The Hall–Kier alpha value is -3.97. The van der Waals surface area contributed by atoms with E-state index < -0.39 is 5.97 Å². The summed E-state index contributed by atoms with van der Waals surface area (Å²) in [6.07, 6.45) is -0.119. The predicted octanol–water partition coefficient (Wildman–Crippen LogP) is 6.86. The largest absolute Gasteiger partial charge is 0.491 e. The Balaban J connectivity index is 1.39. The number of nitrogens with one attached hydrogen (secondary N) is 2.